The minimum atomic E-state index is -0.741. The quantitative estimate of drug-likeness (QED) is 0.555. The zero-order chi connectivity index (χ0) is 22.0. The molecule has 1 atom stereocenters. The van der Waals surface area contributed by atoms with Crippen molar-refractivity contribution < 1.29 is 23.8 Å². The van der Waals surface area contributed by atoms with Gasteiger partial charge in [0.25, 0.3) is 5.91 Å². The van der Waals surface area contributed by atoms with Gasteiger partial charge in [-0.3, -0.25) is 19.9 Å². The van der Waals surface area contributed by atoms with Gasteiger partial charge in [-0.05, 0) is 44.9 Å². The van der Waals surface area contributed by atoms with E-state index in [4.69, 9.17) is 9.15 Å². The number of nitrogens with zero attached hydrogens (tertiary/aromatic N) is 2. The number of aryl methyl sites for hydroxylation is 1. The van der Waals surface area contributed by atoms with Gasteiger partial charge in [0.05, 0.1) is 17.9 Å². The molecule has 8 nitrogen and oxygen atoms in total. The Morgan fingerprint density at radius 3 is 2.77 bits per heavy atom. The van der Waals surface area contributed by atoms with Crippen LogP contribution in [-0.4, -0.2) is 40.0 Å². The number of pyridine rings is 1. The Labute approximate surface area is 183 Å². The number of nitrogens with one attached hydrogen (secondary N) is 1. The molecule has 0 aromatic carbocycles. The number of anilines is 1. The first-order chi connectivity index (χ1) is 14.9. The Morgan fingerprint density at radius 1 is 1.32 bits per heavy atom. The number of aliphatic hydroxyl groups is 1. The Kier molecular flexibility index (Phi) is 6.26. The first-order valence-electron chi connectivity index (χ1n) is 10.1. The van der Waals surface area contributed by atoms with Crippen LogP contribution in [-0.2, 0) is 4.74 Å². The molecule has 31 heavy (non-hydrogen) atoms. The standard InChI is InChI=1S/C22H23N3O5S/c1-12-16(13(2)26)10-15(11-23-12)21(28)25-22-24-18(17-4-3-7-30-17)20(31-22)19(27)14-5-8-29-9-6-14/h3-4,7,10-11,13-14,26H,5-6,8-9H2,1-2H3,(H,24,25,28). The maximum atomic E-state index is 13.2. The molecule has 162 valence electrons. The van der Waals surface area contributed by atoms with E-state index in [0.29, 0.717) is 64.3 Å². The third-order valence-corrected chi connectivity index (χ3v) is 6.24. The molecule has 4 heterocycles. The Morgan fingerprint density at radius 2 is 2.10 bits per heavy atom. The molecular formula is C22H23N3O5S. The van der Waals surface area contributed by atoms with Gasteiger partial charge in [0.1, 0.15) is 10.6 Å². The first-order valence-corrected chi connectivity index (χ1v) is 10.9. The van der Waals surface area contributed by atoms with Gasteiger partial charge in [-0.15, -0.1) is 0 Å². The molecule has 1 saturated heterocycles. The van der Waals surface area contributed by atoms with Gasteiger partial charge in [-0.2, -0.15) is 0 Å². The molecule has 3 aromatic heterocycles. The van der Waals surface area contributed by atoms with Crippen molar-refractivity contribution in [1.29, 1.82) is 0 Å². The van der Waals surface area contributed by atoms with Crippen LogP contribution in [0.5, 0.6) is 0 Å². The van der Waals surface area contributed by atoms with Gasteiger partial charge in [0.15, 0.2) is 16.7 Å². The highest BCUT2D eigenvalue weighted by Crippen LogP contribution is 2.35. The van der Waals surface area contributed by atoms with Gasteiger partial charge in [0.2, 0.25) is 0 Å². The maximum Gasteiger partial charge on any atom is 0.259 e. The van der Waals surface area contributed by atoms with E-state index in [2.05, 4.69) is 15.3 Å². The Bertz CT molecular complexity index is 1080. The number of ether oxygens (including phenoxy) is 1. The number of ketones is 1. The molecule has 0 spiro atoms. The van der Waals surface area contributed by atoms with E-state index < -0.39 is 12.0 Å². The second-order valence-corrected chi connectivity index (χ2v) is 8.45. The number of hydrogen-bond donors (Lipinski definition) is 2. The van der Waals surface area contributed by atoms with Crippen molar-refractivity contribution in [2.24, 2.45) is 5.92 Å². The van der Waals surface area contributed by atoms with Gasteiger partial charge < -0.3 is 14.3 Å². The highest BCUT2D eigenvalue weighted by molar-refractivity contribution is 7.18. The lowest BCUT2D eigenvalue weighted by atomic mass is 9.94. The lowest BCUT2D eigenvalue weighted by Gasteiger charge is -2.20. The molecule has 3 aromatic rings. The predicted molar refractivity (Wildman–Crippen MR) is 115 cm³/mol. The number of carbonyl (C=O) groups excluding carboxylic acids is 2. The summed E-state index contributed by atoms with van der Waals surface area (Å²) >= 11 is 1.13. The van der Waals surface area contributed by atoms with E-state index in [-0.39, 0.29) is 11.7 Å². The molecule has 0 saturated carbocycles. The third-order valence-electron chi connectivity index (χ3n) is 5.26. The topological polar surface area (TPSA) is 115 Å². The number of hydrogen-bond acceptors (Lipinski definition) is 8. The van der Waals surface area contributed by atoms with Gasteiger partial charge in [-0.1, -0.05) is 11.3 Å². The van der Waals surface area contributed by atoms with E-state index >= 15 is 0 Å². The number of furan rings is 1. The van der Waals surface area contributed by atoms with Crippen LogP contribution >= 0.6 is 11.3 Å². The first kappa shape index (κ1) is 21.4. The summed E-state index contributed by atoms with van der Waals surface area (Å²) < 4.78 is 10.8. The number of aliphatic hydroxyl groups excluding tert-OH is 1. The number of thiazole rings is 1. The van der Waals surface area contributed by atoms with E-state index in [1.807, 2.05) is 0 Å². The van der Waals surface area contributed by atoms with Gasteiger partial charge >= 0.3 is 0 Å². The van der Waals surface area contributed by atoms with E-state index in [0.717, 1.165) is 11.3 Å². The Balaban J connectivity index is 1.62. The molecule has 0 radical (unpaired) electrons. The summed E-state index contributed by atoms with van der Waals surface area (Å²) in [6.45, 7) is 4.51. The smallest absolute Gasteiger partial charge is 0.259 e. The zero-order valence-corrected chi connectivity index (χ0v) is 18.1. The maximum absolute atomic E-state index is 13.2. The summed E-state index contributed by atoms with van der Waals surface area (Å²) in [5, 5.41) is 12.9. The van der Waals surface area contributed by atoms with Gasteiger partial charge in [-0.25, -0.2) is 4.98 Å². The SMILES string of the molecule is Cc1ncc(C(=O)Nc2nc(-c3ccco3)c(C(=O)C3CCOCC3)s2)cc1C(C)O. The van der Waals surface area contributed by atoms with E-state index in [9.17, 15) is 14.7 Å². The zero-order valence-electron chi connectivity index (χ0n) is 17.3. The fourth-order valence-corrected chi connectivity index (χ4v) is 4.52. The third kappa shape index (κ3) is 4.58. The normalized spacial score (nSPS) is 15.6. The average Bonchev–Trinajstić information content (AvgIpc) is 3.44. The molecule has 1 aliphatic heterocycles. The minimum absolute atomic E-state index is 0.0129. The molecule has 1 fully saturated rings. The van der Waals surface area contributed by atoms with Crippen molar-refractivity contribution in [2.75, 3.05) is 18.5 Å². The van der Waals surface area contributed by atoms with Crippen LogP contribution < -0.4 is 5.32 Å². The predicted octanol–water partition coefficient (Wildman–Crippen LogP) is 4.02. The van der Waals surface area contributed by atoms with E-state index in [1.54, 1.807) is 32.0 Å². The monoisotopic (exact) mass is 441 g/mol. The largest absolute Gasteiger partial charge is 0.463 e. The second-order valence-electron chi connectivity index (χ2n) is 7.45. The van der Waals surface area contributed by atoms with E-state index in [1.165, 1.54) is 12.5 Å². The van der Waals surface area contributed by atoms with Crippen LogP contribution in [0.1, 0.15) is 57.2 Å². The van der Waals surface area contributed by atoms with Crippen LogP contribution in [0.25, 0.3) is 11.5 Å². The molecule has 1 aliphatic rings. The molecular weight excluding hydrogens is 418 g/mol. The minimum Gasteiger partial charge on any atom is -0.463 e. The fraction of sp³-hybridized carbons (Fsp3) is 0.364. The lowest BCUT2D eigenvalue weighted by Crippen LogP contribution is -2.23. The van der Waals surface area contributed by atoms with Crippen molar-refractivity contribution in [3.05, 3.63) is 52.4 Å². The fourth-order valence-electron chi connectivity index (χ4n) is 3.53. The van der Waals surface area contributed by atoms with Crippen LogP contribution in [0.4, 0.5) is 5.13 Å². The van der Waals surface area contributed by atoms with Gasteiger partial charge in [0, 0.05) is 36.6 Å². The number of carbonyl (C=O) groups is 2. The molecule has 0 bridgehead atoms. The summed E-state index contributed by atoms with van der Waals surface area (Å²) in [6, 6.07) is 5.07. The van der Waals surface area contributed by atoms with Crippen molar-refractivity contribution >= 4 is 28.2 Å². The summed E-state index contributed by atoms with van der Waals surface area (Å²) in [7, 11) is 0. The molecule has 9 heteroatoms. The Hall–Kier alpha value is -2.88. The lowest BCUT2D eigenvalue weighted by molar-refractivity contribution is 0.0547. The van der Waals surface area contributed by atoms with Crippen LogP contribution in [0.15, 0.2) is 35.1 Å². The highest BCUT2D eigenvalue weighted by atomic mass is 32.1. The highest BCUT2D eigenvalue weighted by Gasteiger charge is 2.29. The van der Waals surface area contributed by atoms with Crippen molar-refractivity contribution in [3.8, 4) is 11.5 Å². The molecule has 4 rings (SSSR count). The van der Waals surface area contributed by atoms with Crippen LogP contribution in [0.2, 0.25) is 0 Å². The van der Waals surface area contributed by atoms with Crippen molar-refractivity contribution in [1.82, 2.24) is 9.97 Å². The summed E-state index contributed by atoms with van der Waals surface area (Å²) in [6.07, 6.45) is 3.55. The second kappa shape index (κ2) is 9.09. The number of rotatable bonds is 6. The van der Waals surface area contributed by atoms with Crippen molar-refractivity contribution in [3.63, 3.8) is 0 Å². The molecule has 2 N–H and O–H groups in total. The molecule has 1 amide bonds. The van der Waals surface area contributed by atoms with Crippen molar-refractivity contribution in [2.45, 2.75) is 32.8 Å². The number of amides is 1. The number of Topliss-reactive ketones (excluding diaryl/α,β-unsaturated/α-hetero) is 1. The van der Waals surface area contributed by atoms with Crippen LogP contribution in [0.3, 0.4) is 0 Å². The summed E-state index contributed by atoms with van der Waals surface area (Å²) in [5.41, 5.74) is 1.96. The number of aromatic nitrogens is 2. The summed E-state index contributed by atoms with van der Waals surface area (Å²) in [4.78, 5) is 35.1. The van der Waals surface area contributed by atoms with Crippen LogP contribution in [0, 0.1) is 12.8 Å². The average molecular weight is 442 g/mol. The molecule has 0 aliphatic carbocycles. The summed E-state index contributed by atoms with van der Waals surface area (Å²) in [5.74, 6) is -0.0952. The molecule has 1 unspecified atom stereocenters.